The molecule has 0 aromatic rings. The van der Waals surface area contributed by atoms with E-state index in [1.165, 1.54) is 13.0 Å². The predicted molar refractivity (Wildman–Crippen MR) is 84.9 cm³/mol. The van der Waals surface area contributed by atoms with Gasteiger partial charge in [-0.3, -0.25) is 10.1 Å². The molecular formula is C17H31N3O. The Morgan fingerprint density at radius 2 is 2.00 bits per heavy atom. The molecule has 1 amide bonds. The first-order chi connectivity index (χ1) is 9.91. The van der Waals surface area contributed by atoms with Crippen molar-refractivity contribution in [3.05, 3.63) is 0 Å². The molecule has 1 N–H and O–H groups in total. The molecule has 2 saturated heterocycles. The largest absolute Gasteiger partial charge is 0.325 e. The smallest absolute Gasteiger partial charge is 0.244 e. The fourth-order valence-electron chi connectivity index (χ4n) is 3.96. The number of amides is 1. The van der Waals surface area contributed by atoms with Crippen LogP contribution in [0.25, 0.3) is 0 Å². The number of likely N-dealkylation sites (tertiary alicyclic amines) is 1. The van der Waals surface area contributed by atoms with Gasteiger partial charge in [-0.05, 0) is 57.9 Å². The van der Waals surface area contributed by atoms with Crippen LogP contribution in [0.15, 0.2) is 0 Å². The molecule has 21 heavy (non-hydrogen) atoms. The summed E-state index contributed by atoms with van der Waals surface area (Å²) in [6, 6.07) is 0.628. The summed E-state index contributed by atoms with van der Waals surface area (Å²) in [4.78, 5) is 17.5. The van der Waals surface area contributed by atoms with Gasteiger partial charge < -0.3 is 9.80 Å². The second-order valence-electron chi connectivity index (χ2n) is 8.07. The van der Waals surface area contributed by atoms with E-state index in [4.69, 9.17) is 0 Å². The summed E-state index contributed by atoms with van der Waals surface area (Å²) >= 11 is 0. The molecule has 4 nitrogen and oxygen atoms in total. The molecule has 120 valence electrons. The Balaban J connectivity index is 1.63. The number of carbonyl (C=O) groups excluding carboxylic acids is 1. The number of hydrogen-bond donors (Lipinski definition) is 1. The van der Waals surface area contributed by atoms with E-state index >= 15 is 0 Å². The van der Waals surface area contributed by atoms with E-state index in [-0.39, 0.29) is 11.7 Å². The molecule has 1 spiro atoms. The monoisotopic (exact) mass is 293 g/mol. The van der Waals surface area contributed by atoms with Crippen LogP contribution in [0.5, 0.6) is 0 Å². The molecule has 0 bridgehead atoms. The highest BCUT2D eigenvalue weighted by Crippen LogP contribution is 2.43. The Morgan fingerprint density at radius 3 is 2.52 bits per heavy atom. The number of hydrogen-bond acceptors (Lipinski definition) is 3. The van der Waals surface area contributed by atoms with E-state index < -0.39 is 0 Å². The SMILES string of the molecule is CC(C)CC1NC2(CC2)C(=O)N1CC1CCN(C(C)C)C1. The quantitative estimate of drug-likeness (QED) is 0.843. The van der Waals surface area contributed by atoms with Crippen LogP contribution in [-0.2, 0) is 4.79 Å². The summed E-state index contributed by atoms with van der Waals surface area (Å²) < 4.78 is 0. The molecule has 2 unspecified atom stereocenters. The lowest BCUT2D eigenvalue weighted by Gasteiger charge is -2.28. The zero-order chi connectivity index (χ0) is 15.2. The summed E-state index contributed by atoms with van der Waals surface area (Å²) in [6.45, 7) is 12.3. The highest BCUT2D eigenvalue weighted by atomic mass is 16.2. The van der Waals surface area contributed by atoms with Gasteiger partial charge >= 0.3 is 0 Å². The fourth-order valence-corrected chi connectivity index (χ4v) is 3.96. The van der Waals surface area contributed by atoms with Crippen LogP contribution >= 0.6 is 0 Å². The lowest BCUT2D eigenvalue weighted by molar-refractivity contribution is -0.131. The summed E-state index contributed by atoms with van der Waals surface area (Å²) in [5, 5.41) is 3.64. The molecule has 3 fully saturated rings. The molecule has 1 saturated carbocycles. The van der Waals surface area contributed by atoms with E-state index in [1.54, 1.807) is 0 Å². The Kier molecular flexibility index (Phi) is 4.04. The fraction of sp³-hybridized carbons (Fsp3) is 0.941. The third-order valence-corrected chi connectivity index (χ3v) is 5.44. The van der Waals surface area contributed by atoms with Gasteiger partial charge in [0.1, 0.15) is 0 Å². The van der Waals surface area contributed by atoms with Gasteiger partial charge in [0.15, 0.2) is 0 Å². The third-order valence-electron chi connectivity index (χ3n) is 5.44. The summed E-state index contributed by atoms with van der Waals surface area (Å²) in [7, 11) is 0. The van der Waals surface area contributed by atoms with Crippen molar-refractivity contribution in [2.24, 2.45) is 11.8 Å². The van der Waals surface area contributed by atoms with Crippen molar-refractivity contribution in [3.63, 3.8) is 0 Å². The van der Waals surface area contributed by atoms with Crippen LogP contribution in [-0.4, -0.2) is 53.1 Å². The van der Waals surface area contributed by atoms with Gasteiger partial charge in [-0.15, -0.1) is 0 Å². The summed E-state index contributed by atoms with van der Waals surface area (Å²) in [6.07, 6.45) is 4.67. The van der Waals surface area contributed by atoms with Crippen LogP contribution in [0.1, 0.15) is 53.4 Å². The normalized spacial score (nSPS) is 32.1. The molecule has 2 atom stereocenters. The van der Waals surface area contributed by atoms with E-state index in [9.17, 15) is 4.79 Å². The molecule has 0 aromatic heterocycles. The molecule has 0 radical (unpaired) electrons. The number of carbonyl (C=O) groups is 1. The van der Waals surface area contributed by atoms with Crippen molar-refractivity contribution < 1.29 is 4.79 Å². The zero-order valence-electron chi connectivity index (χ0n) is 14.1. The van der Waals surface area contributed by atoms with Gasteiger partial charge in [-0.25, -0.2) is 0 Å². The summed E-state index contributed by atoms with van der Waals surface area (Å²) in [5.41, 5.74) is -0.157. The van der Waals surface area contributed by atoms with Crippen molar-refractivity contribution in [2.45, 2.75) is 71.1 Å². The number of nitrogens with one attached hydrogen (secondary N) is 1. The standard InChI is InChI=1S/C17H31N3O/c1-12(2)9-15-18-17(6-7-17)16(21)20(15)11-14-5-8-19(10-14)13(3)4/h12-15,18H,5-11H2,1-4H3. The first-order valence-electron chi connectivity index (χ1n) is 8.74. The first-order valence-corrected chi connectivity index (χ1v) is 8.74. The van der Waals surface area contributed by atoms with Gasteiger partial charge in [0, 0.05) is 19.1 Å². The molecule has 4 heteroatoms. The van der Waals surface area contributed by atoms with Crippen molar-refractivity contribution >= 4 is 5.91 Å². The average Bonchev–Trinajstić information content (AvgIpc) is 2.94. The Labute approximate surface area is 129 Å². The van der Waals surface area contributed by atoms with Crippen LogP contribution in [0.3, 0.4) is 0 Å². The van der Waals surface area contributed by atoms with Gasteiger partial charge in [-0.1, -0.05) is 13.8 Å². The van der Waals surface area contributed by atoms with Gasteiger partial charge in [0.2, 0.25) is 5.91 Å². The Hall–Kier alpha value is -0.610. The van der Waals surface area contributed by atoms with Crippen molar-refractivity contribution in [3.8, 4) is 0 Å². The van der Waals surface area contributed by atoms with E-state index in [0.29, 0.717) is 23.8 Å². The Morgan fingerprint density at radius 1 is 1.29 bits per heavy atom. The van der Waals surface area contributed by atoms with E-state index in [0.717, 1.165) is 32.4 Å². The average molecular weight is 293 g/mol. The van der Waals surface area contributed by atoms with Crippen molar-refractivity contribution in [1.82, 2.24) is 15.1 Å². The minimum atomic E-state index is -0.157. The van der Waals surface area contributed by atoms with Crippen LogP contribution in [0.2, 0.25) is 0 Å². The lowest BCUT2D eigenvalue weighted by atomic mass is 10.1. The first kappa shape index (κ1) is 15.3. The lowest BCUT2D eigenvalue weighted by Crippen LogP contribution is -2.42. The number of rotatable bonds is 5. The van der Waals surface area contributed by atoms with Crippen molar-refractivity contribution in [1.29, 1.82) is 0 Å². The topological polar surface area (TPSA) is 35.6 Å². The maximum atomic E-state index is 12.7. The number of nitrogens with zero attached hydrogens (tertiary/aromatic N) is 2. The van der Waals surface area contributed by atoms with Crippen molar-refractivity contribution in [2.75, 3.05) is 19.6 Å². The van der Waals surface area contributed by atoms with Gasteiger partial charge in [0.25, 0.3) is 0 Å². The minimum absolute atomic E-state index is 0.157. The maximum absolute atomic E-state index is 12.7. The molecule has 2 aliphatic heterocycles. The Bertz CT molecular complexity index is 403. The van der Waals surface area contributed by atoms with Gasteiger partial charge in [-0.2, -0.15) is 0 Å². The maximum Gasteiger partial charge on any atom is 0.244 e. The van der Waals surface area contributed by atoms with Crippen LogP contribution < -0.4 is 5.32 Å². The molecule has 3 rings (SSSR count). The van der Waals surface area contributed by atoms with E-state index in [1.807, 2.05) is 0 Å². The minimum Gasteiger partial charge on any atom is -0.325 e. The highest BCUT2D eigenvalue weighted by molar-refractivity contribution is 5.91. The molecular weight excluding hydrogens is 262 g/mol. The van der Waals surface area contributed by atoms with Crippen LogP contribution in [0.4, 0.5) is 0 Å². The summed E-state index contributed by atoms with van der Waals surface area (Å²) in [5.74, 6) is 1.67. The molecule has 1 aliphatic carbocycles. The van der Waals surface area contributed by atoms with Crippen LogP contribution in [0, 0.1) is 11.8 Å². The molecule has 2 heterocycles. The second kappa shape index (κ2) is 5.54. The predicted octanol–water partition coefficient (Wildman–Crippen LogP) is 2.05. The zero-order valence-corrected chi connectivity index (χ0v) is 14.1. The van der Waals surface area contributed by atoms with Gasteiger partial charge in [0.05, 0.1) is 11.7 Å². The van der Waals surface area contributed by atoms with E-state index in [2.05, 4.69) is 42.8 Å². The second-order valence-corrected chi connectivity index (χ2v) is 8.07. The molecule has 0 aromatic carbocycles. The highest BCUT2D eigenvalue weighted by Gasteiger charge is 2.59. The third kappa shape index (κ3) is 2.98. The molecule has 3 aliphatic rings.